The fourth-order valence-electron chi connectivity index (χ4n) is 2.52. The molecule has 0 fully saturated rings. The lowest BCUT2D eigenvalue weighted by Gasteiger charge is -2.17. The second-order valence-electron chi connectivity index (χ2n) is 5.90. The summed E-state index contributed by atoms with van der Waals surface area (Å²) in [7, 11) is 1.52. The van der Waals surface area contributed by atoms with Gasteiger partial charge in [-0.3, -0.25) is 9.36 Å². The van der Waals surface area contributed by atoms with Crippen LogP contribution in [0, 0.1) is 5.82 Å². The zero-order valence-electron chi connectivity index (χ0n) is 14.5. The molecule has 2 aromatic heterocycles. The van der Waals surface area contributed by atoms with Gasteiger partial charge in [0, 0.05) is 37.8 Å². The van der Waals surface area contributed by atoms with Gasteiger partial charge in [-0.2, -0.15) is 8.78 Å². The zero-order valence-corrected chi connectivity index (χ0v) is 14.5. The van der Waals surface area contributed by atoms with E-state index in [1.54, 1.807) is 12.1 Å². The van der Waals surface area contributed by atoms with E-state index in [0.717, 1.165) is 0 Å². The van der Waals surface area contributed by atoms with Crippen molar-refractivity contribution in [3.8, 4) is 11.3 Å². The molecule has 9 heteroatoms. The summed E-state index contributed by atoms with van der Waals surface area (Å²) in [5, 5.41) is 0. The van der Waals surface area contributed by atoms with Crippen molar-refractivity contribution in [1.29, 1.82) is 0 Å². The Morgan fingerprint density at radius 3 is 2.70 bits per heavy atom. The van der Waals surface area contributed by atoms with Crippen molar-refractivity contribution in [3.05, 3.63) is 60.4 Å². The topological polar surface area (TPSA) is 64.2 Å². The summed E-state index contributed by atoms with van der Waals surface area (Å²) in [6.45, 7) is -2.73. The molecule has 0 saturated carbocycles. The molecular formula is C18H17F3N4O2. The maximum atomic E-state index is 13.0. The van der Waals surface area contributed by atoms with Gasteiger partial charge < -0.3 is 9.32 Å². The van der Waals surface area contributed by atoms with Crippen molar-refractivity contribution < 1.29 is 22.4 Å². The molecule has 0 saturated heterocycles. The van der Waals surface area contributed by atoms with Crippen LogP contribution in [-0.2, 0) is 17.8 Å². The second kappa shape index (κ2) is 8.07. The Labute approximate surface area is 153 Å². The molecule has 2 heterocycles. The van der Waals surface area contributed by atoms with Crippen molar-refractivity contribution in [2.45, 2.75) is 25.9 Å². The lowest BCUT2D eigenvalue weighted by atomic mass is 10.2. The number of halogens is 3. The van der Waals surface area contributed by atoms with Crippen LogP contribution in [-0.4, -0.2) is 32.4 Å². The minimum Gasteiger partial charge on any atom is -0.441 e. The van der Waals surface area contributed by atoms with Gasteiger partial charge in [0.1, 0.15) is 11.6 Å². The van der Waals surface area contributed by atoms with Gasteiger partial charge >= 0.3 is 6.55 Å². The molecule has 0 aliphatic carbocycles. The third-order valence-electron chi connectivity index (χ3n) is 4.00. The third kappa shape index (κ3) is 4.55. The van der Waals surface area contributed by atoms with Crippen LogP contribution in [0.4, 0.5) is 13.2 Å². The zero-order chi connectivity index (χ0) is 19.4. The summed E-state index contributed by atoms with van der Waals surface area (Å²) in [6, 6.07) is 5.78. The molecule has 3 aromatic rings. The minimum absolute atomic E-state index is 0.0252. The molecule has 27 heavy (non-hydrogen) atoms. The second-order valence-corrected chi connectivity index (χ2v) is 5.90. The van der Waals surface area contributed by atoms with E-state index in [-0.39, 0.29) is 36.9 Å². The first-order chi connectivity index (χ1) is 12.9. The molecule has 0 bridgehead atoms. The van der Waals surface area contributed by atoms with Crippen molar-refractivity contribution in [1.82, 2.24) is 19.4 Å². The normalized spacial score (nSPS) is 11.1. The van der Waals surface area contributed by atoms with Crippen LogP contribution in [0.2, 0.25) is 0 Å². The van der Waals surface area contributed by atoms with E-state index in [0.29, 0.717) is 21.8 Å². The first-order valence-corrected chi connectivity index (χ1v) is 8.18. The summed E-state index contributed by atoms with van der Waals surface area (Å²) in [5.41, 5.74) is 0.678. The average Bonchev–Trinajstić information content (AvgIpc) is 3.29. The quantitative estimate of drug-likeness (QED) is 0.629. The van der Waals surface area contributed by atoms with E-state index in [1.165, 1.54) is 42.7 Å². The number of rotatable bonds is 7. The van der Waals surface area contributed by atoms with Gasteiger partial charge in [0.15, 0.2) is 11.7 Å². The lowest BCUT2D eigenvalue weighted by molar-refractivity contribution is -0.130. The molecule has 0 N–H and O–H groups in total. The number of alkyl halides is 2. The molecule has 3 rings (SSSR count). The number of imidazole rings is 1. The highest BCUT2D eigenvalue weighted by Gasteiger charge is 2.17. The smallest absolute Gasteiger partial charge is 0.319 e. The Kier molecular flexibility index (Phi) is 5.58. The Hall–Kier alpha value is -3.10. The summed E-state index contributed by atoms with van der Waals surface area (Å²) >= 11 is 0. The molecule has 0 unspecified atom stereocenters. The van der Waals surface area contributed by atoms with Gasteiger partial charge in [0.2, 0.25) is 5.91 Å². The molecule has 0 spiro atoms. The monoisotopic (exact) mass is 378 g/mol. The highest BCUT2D eigenvalue weighted by Crippen LogP contribution is 2.21. The lowest BCUT2D eigenvalue weighted by Crippen LogP contribution is -2.28. The number of nitrogens with zero attached hydrogens (tertiary/aromatic N) is 4. The fraction of sp³-hybridized carbons (Fsp3) is 0.278. The molecule has 142 valence electrons. The Bertz CT molecular complexity index is 905. The first kappa shape index (κ1) is 18.7. The summed E-state index contributed by atoms with van der Waals surface area (Å²) in [4.78, 5) is 21.5. The van der Waals surface area contributed by atoms with Crippen LogP contribution in [0.25, 0.3) is 11.3 Å². The van der Waals surface area contributed by atoms with Crippen LogP contribution in [0.3, 0.4) is 0 Å². The first-order valence-electron chi connectivity index (χ1n) is 8.18. The highest BCUT2D eigenvalue weighted by atomic mass is 19.3. The maximum absolute atomic E-state index is 13.0. The number of amides is 1. The predicted octanol–water partition coefficient (Wildman–Crippen LogP) is 3.66. The predicted molar refractivity (Wildman–Crippen MR) is 90.2 cm³/mol. The summed E-state index contributed by atoms with van der Waals surface area (Å²) in [5.74, 6) is 0.352. The minimum atomic E-state index is -2.71. The van der Waals surface area contributed by atoms with E-state index >= 15 is 0 Å². The number of oxazole rings is 1. The number of aromatic nitrogens is 3. The van der Waals surface area contributed by atoms with Crippen LogP contribution in [0.15, 0.2) is 47.3 Å². The molecule has 6 nitrogen and oxygen atoms in total. The van der Waals surface area contributed by atoms with E-state index in [9.17, 15) is 18.0 Å². The van der Waals surface area contributed by atoms with Gasteiger partial charge in [0.25, 0.3) is 0 Å². The van der Waals surface area contributed by atoms with Crippen molar-refractivity contribution in [2.24, 2.45) is 0 Å². The maximum Gasteiger partial charge on any atom is 0.319 e. The van der Waals surface area contributed by atoms with Gasteiger partial charge in [0.05, 0.1) is 12.7 Å². The van der Waals surface area contributed by atoms with Crippen LogP contribution < -0.4 is 0 Å². The molecule has 0 aliphatic rings. The SMILES string of the molecule is CN(Cc1nccn1C(F)F)C(=O)CCc1ncc(-c2ccc(F)cc2)o1. The van der Waals surface area contributed by atoms with Crippen molar-refractivity contribution >= 4 is 5.91 Å². The Morgan fingerprint density at radius 2 is 2.00 bits per heavy atom. The Balaban J connectivity index is 1.56. The number of hydrogen-bond donors (Lipinski definition) is 0. The van der Waals surface area contributed by atoms with Crippen LogP contribution in [0.1, 0.15) is 24.7 Å². The molecular weight excluding hydrogens is 361 g/mol. The number of carbonyl (C=O) groups excluding carboxylic acids is 1. The fourth-order valence-corrected chi connectivity index (χ4v) is 2.52. The van der Waals surface area contributed by atoms with E-state index < -0.39 is 6.55 Å². The van der Waals surface area contributed by atoms with E-state index in [4.69, 9.17) is 4.42 Å². The summed E-state index contributed by atoms with van der Waals surface area (Å²) in [6.07, 6.45) is 4.31. The van der Waals surface area contributed by atoms with E-state index in [2.05, 4.69) is 9.97 Å². The number of aryl methyl sites for hydroxylation is 1. The van der Waals surface area contributed by atoms with Crippen LogP contribution in [0.5, 0.6) is 0 Å². The summed E-state index contributed by atoms with van der Waals surface area (Å²) < 4.78 is 44.9. The molecule has 1 aromatic carbocycles. The van der Waals surface area contributed by atoms with E-state index in [1.807, 2.05) is 0 Å². The molecule has 0 aliphatic heterocycles. The van der Waals surface area contributed by atoms with Crippen LogP contribution >= 0.6 is 0 Å². The number of hydrogen-bond acceptors (Lipinski definition) is 4. The van der Waals surface area contributed by atoms with Gasteiger partial charge in [-0.25, -0.2) is 14.4 Å². The van der Waals surface area contributed by atoms with Gasteiger partial charge in [-0.05, 0) is 24.3 Å². The molecule has 0 atom stereocenters. The number of carbonyl (C=O) groups is 1. The van der Waals surface area contributed by atoms with Crippen molar-refractivity contribution in [3.63, 3.8) is 0 Å². The number of benzene rings is 1. The molecule has 1 amide bonds. The van der Waals surface area contributed by atoms with Gasteiger partial charge in [-0.15, -0.1) is 0 Å². The Morgan fingerprint density at radius 1 is 1.26 bits per heavy atom. The standard InChI is InChI=1S/C18H17F3N4O2/c1-24(11-15-22-8-9-25(15)18(20)21)17(26)7-6-16-23-10-14(27-16)12-2-4-13(19)5-3-12/h2-5,8-10,18H,6-7,11H2,1H3. The molecule has 0 radical (unpaired) electrons. The largest absolute Gasteiger partial charge is 0.441 e. The third-order valence-corrected chi connectivity index (χ3v) is 4.00. The van der Waals surface area contributed by atoms with Gasteiger partial charge in [-0.1, -0.05) is 0 Å². The average molecular weight is 378 g/mol. The van der Waals surface area contributed by atoms with Crippen molar-refractivity contribution in [2.75, 3.05) is 7.05 Å². The highest BCUT2D eigenvalue weighted by molar-refractivity contribution is 5.75.